The Bertz CT molecular complexity index is 577. The van der Waals surface area contributed by atoms with E-state index >= 15 is 0 Å². The molecule has 2 aromatic rings. The van der Waals surface area contributed by atoms with Gasteiger partial charge in [-0.2, -0.15) is 0 Å². The standard InChI is InChI=1S/C13H16BNO2S/c1-12(2)13(3,4)17-14(16-12)11-6-5-10-9(15-11)7-8-18-10/h5-8H,1-4H3. The fraction of sp³-hybridized carbons (Fsp3) is 0.462. The highest BCUT2D eigenvalue weighted by molar-refractivity contribution is 7.17. The average Bonchev–Trinajstić information content (AvgIpc) is 2.80. The number of nitrogens with zero attached hydrogens (tertiary/aromatic N) is 1. The Morgan fingerprint density at radius 3 is 2.39 bits per heavy atom. The van der Waals surface area contributed by atoms with Crippen LogP contribution >= 0.6 is 11.3 Å². The van der Waals surface area contributed by atoms with Crippen molar-refractivity contribution in [2.75, 3.05) is 0 Å². The van der Waals surface area contributed by atoms with Gasteiger partial charge in [0.05, 0.1) is 27.0 Å². The second-order valence-electron chi connectivity index (χ2n) is 5.63. The lowest BCUT2D eigenvalue weighted by Crippen LogP contribution is -2.41. The molecule has 94 valence electrons. The molecule has 0 spiro atoms. The molecule has 0 bridgehead atoms. The Balaban J connectivity index is 1.96. The zero-order valence-corrected chi connectivity index (χ0v) is 11.9. The molecule has 0 N–H and O–H groups in total. The van der Waals surface area contributed by atoms with E-state index in [2.05, 4.69) is 38.7 Å². The Kier molecular flexibility index (Phi) is 2.56. The topological polar surface area (TPSA) is 31.4 Å². The monoisotopic (exact) mass is 261 g/mol. The average molecular weight is 261 g/mol. The third kappa shape index (κ3) is 1.78. The predicted molar refractivity (Wildman–Crippen MR) is 75.3 cm³/mol. The van der Waals surface area contributed by atoms with Gasteiger partial charge >= 0.3 is 7.12 Å². The molecule has 5 heteroatoms. The lowest BCUT2D eigenvalue weighted by atomic mass is 9.84. The van der Waals surface area contributed by atoms with E-state index in [0.717, 1.165) is 11.1 Å². The smallest absolute Gasteiger partial charge is 0.398 e. The summed E-state index contributed by atoms with van der Waals surface area (Å²) < 4.78 is 13.2. The molecule has 1 saturated heterocycles. The van der Waals surface area contributed by atoms with E-state index in [1.54, 1.807) is 11.3 Å². The zero-order valence-electron chi connectivity index (χ0n) is 11.1. The molecule has 3 rings (SSSR count). The highest BCUT2D eigenvalue weighted by atomic mass is 32.1. The van der Waals surface area contributed by atoms with Gasteiger partial charge in [0.1, 0.15) is 0 Å². The Morgan fingerprint density at radius 1 is 1.06 bits per heavy atom. The first-order valence-corrected chi connectivity index (χ1v) is 6.97. The van der Waals surface area contributed by atoms with Gasteiger partial charge in [-0.3, -0.25) is 4.98 Å². The van der Waals surface area contributed by atoms with Crippen LogP contribution in [0, 0.1) is 0 Å². The number of aromatic nitrogens is 1. The van der Waals surface area contributed by atoms with Crippen LogP contribution in [-0.4, -0.2) is 23.3 Å². The van der Waals surface area contributed by atoms with E-state index in [9.17, 15) is 0 Å². The summed E-state index contributed by atoms with van der Waals surface area (Å²) in [5.74, 6) is 0. The van der Waals surface area contributed by atoms with Crippen LogP contribution < -0.4 is 5.59 Å². The van der Waals surface area contributed by atoms with Crippen molar-refractivity contribution in [3.05, 3.63) is 23.6 Å². The Morgan fingerprint density at radius 2 is 1.72 bits per heavy atom. The normalized spacial score (nSPS) is 21.7. The first-order valence-electron chi connectivity index (χ1n) is 6.09. The number of hydrogen-bond acceptors (Lipinski definition) is 4. The SMILES string of the molecule is CC1(C)OB(c2ccc3sccc3n2)OC1(C)C. The van der Waals surface area contributed by atoms with Crippen LogP contribution in [0.4, 0.5) is 0 Å². The lowest BCUT2D eigenvalue weighted by Gasteiger charge is -2.32. The van der Waals surface area contributed by atoms with Crippen LogP contribution in [0.2, 0.25) is 0 Å². The molecular formula is C13H16BNO2S. The molecule has 3 heterocycles. The summed E-state index contributed by atoms with van der Waals surface area (Å²) in [6.07, 6.45) is 0. The molecule has 0 saturated carbocycles. The molecule has 18 heavy (non-hydrogen) atoms. The first kappa shape index (κ1) is 12.1. The van der Waals surface area contributed by atoms with Gasteiger partial charge in [0.15, 0.2) is 0 Å². The molecule has 0 aromatic carbocycles. The van der Waals surface area contributed by atoms with Crippen molar-refractivity contribution < 1.29 is 9.31 Å². The van der Waals surface area contributed by atoms with E-state index in [4.69, 9.17) is 9.31 Å². The zero-order chi connectivity index (χ0) is 13.0. The van der Waals surface area contributed by atoms with Gasteiger partial charge in [0.25, 0.3) is 0 Å². The van der Waals surface area contributed by atoms with Gasteiger partial charge < -0.3 is 9.31 Å². The number of fused-ring (bicyclic) bond motifs is 1. The highest BCUT2D eigenvalue weighted by Crippen LogP contribution is 2.36. The molecule has 2 aromatic heterocycles. The van der Waals surface area contributed by atoms with Gasteiger partial charge in [0.2, 0.25) is 0 Å². The largest absolute Gasteiger partial charge is 0.514 e. The lowest BCUT2D eigenvalue weighted by molar-refractivity contribution is 0.00578. The second-order valence-corrected chi connectivity index (χ2v) is 6.58. The van der Waals surface area contributed by atoms with Crippen LogP contribution in [0.1, 0.15) is 27.7 Å². The molecular weight excluding hydrogens is 245 g/mol. The molecule has 0 atom stereocenters. The molecule has 1 aliphatic heterocycles. The highest BCUT2D eigenvalue weighted by Gasteiger charge is 2.52. The predicted octanol–water partition coefficient (Wildman–Crippen LogP) is 2.60. The fourth-order valence-corrected chi connectivity index (χ4v) is 2.69. The molecule has 1 aliphatic rings. The summed E-state index contributed by atoms with van der Waals surface area (Å²) >= 11 is 1.69. The first-order chi connectivity index (χ1) is 8.39. The third-order valence-electron chi connectivity index (χ3n) is 3.82. The summed E-state index contributed by atoms with van der Waals surface area (Å²) in [5, 5.41) is 2.05. The summed E-state index contributed by atoms with van der Waals surface area (Å²) in [6, 6.07) is 6.09. The van der Waals surface area contributed by atoms with Crippen LogP contribution in [-0.2, 0) is 9.31 Å². The molecule has 1 fully saturated rings. The molecule has 3 nitrogen and oxygen atoms in total. The van der Waals surface area contributed by atoms with E-state index in [1.165, 1.54) is 4.70 Å². The van der Waals surface area contributed by atoms with Crippen molar-refractivity contribution in [1.29, 1.82) is 0 Å². The minimum atomic E-state index is -0.376. The summed E-state index contributed by atoms with van der Waals surface area (Å²) in [6.45, 7) is 8.21. The van der Waals surface area contributed by atoms with Crippen molar-refractivity contribution in [2.24, 2.45) is 0 Å². The number of rotatable bonds is 1. The molecule has 0 radical (unpaired) electrons. The molecule has 0 aliphatic carbocycles. The maximum Gasteiger partial charge on any atom is 0.514 e. The second kappa shape index (κ2) is 3.79. The third-order valence-corrected chi connectivity index (χ3v) is 4.69. The quantitative estimate of drug-likeness (QED) is 0.739. The van der Waals surface area contributed by atoms with Gasteiger partial charge in [-0.25, -0.2) is 0 Å². The van der Waals surface area contributed by atoms with Crippen molar-refractivity contribution in [3.8, 4) is 0 Å². The number of thiophene rings is 1. The maximum absolute atomic E-state index is 5.99. The van der Waals surface area contributed by atoms with E-state index in [0.29, 0.717) is 0 Å². The van der Waals surface area contributed by atoms with Crippen LogP contribution in [0.25, 0.3) is 10.2 Å². The van der Waals surface area contributed by atoms with E-state index in [-0.39, 0.29) is 18.3 Å². The fourth-order valence-electron chi connectivity index (χ4n) is 1.96. The number of hydrogen-bond donors (Lipinski definition) is 0. The Labute approximate surface area is 111 Å². The number of pyridine rings is 1. The van der Waals surface area contributed by atoms with E-state index < -0.39 is 0 Å². The minimum absolute atomic E-state index is 0.317. The van der Waals surface area contributed by atoms with Gasteiger partial charge in [0, 0.05) is 0 Å². The molecule has 0 amide bonds. The van der Waals surface area contributed by atoms with Crippen LogP contribution in [0.5, 0.6) is 0 Å². The summed E-state index contributed by atoms with van der Waals surface area (Å²) in [7, 11) is -0.376. The van der Waals surface area contributed by atoms with E-state index in [1.807, 2.05) is 17.5 Å². The van der Waals surface area contributed by atoms with Crippen LogP contribution in [0.15, 0.2) is 23.6 Å². The van der Waals surface area contributed by atoms with Gasteiger partial charge in [-0.05, 0) is 51.3 Å². The maximum atomic E-state index is 5.99. The minimum Gasteiger partial charge on any atom is -0.398 e. The van der Waals surface area contributed by atoms with Crippen molar-refractivity contribution in [1.82, 2.24) is 4.98 Å². The van der Waals surface area contributed by atoms with Crippen molar-refractivity contribution in [2.45, 2.75) is 38.9 Å². The Hall–Kier alpha value is -0.905. The van der Waals surface area contributed by atoms with Gasteiger partial charge in [-0.15, -0.1) is 11.3 Å². The van der Waals surface area contributed by atoms with Crippen molar-refractivity contribution >= 4 is 34.3 Å². The summed E-state index contributed by atoms with van der Waals surface area (Å²) in [4.78, 5) is 4.61. The van der Waals surface area contributed by atoms with Crippen LogP contribution in [0.3, 0.4) is 0 Å². The molecule has 0 unspecified atom stereocenters. The van der Waals surface area contributed by atoms with Crippen molar-refractivity contribution in [3.63, 3.8) is 0 Å². The van der Waals surface area contributed by atoms with Gasteiger partial charge in [-0.1, -0.05) is 0 Å². The summed E-state index contributed by atoms with van der Waals surface area (Å²) in [5.41, 5.74) is 1.22.